The SMILES string of the molecule is Cc1cccc(CCC(Cc2cc(F)ccc2Br)NN)c1. The summed E-state index contributed by atoms with van der Waals surface area (Å²) in [6, 6.07) is 13.3. The normalized spacial score (nSPS) is 12.4. The molecule has 0 aliphatic carbocycles. The monoisotopic (exact) mass is 350 g/mol. The van der Waals surface area contributed by atoms with Crippen LogP contribution < -0.4 is 11.3 Å². The van der Waals surface area contributed by atoms with Crippen molar-refractivity contribution in [3.05, 3.63) is 69.4 Å². The average Bonchev–Trinajstić information content (AvgIpc) is 2.47. The van der Waals surface area contributed by atoms with Crippen LogP contribution in [-0.4, -0.2) is 6.04 Å². The quantitative estimate of drug-likeness (QED) is 0.612. The van der Waals surface area contributed by atoms with E-state index < -0.39 is 0 Å². The van der Waals surface area contributed by atoms with E-state index in [9.17, 15) is 4.39 Å². The molecule has 0 saturated carbocycles. The molecular weight excluding hydrogens is 331 g/mol. The highest BCUT2D eigenvalue weighted by atomic mass is 79.9. The zero-order valence-electron chi connectivity index (χ0n) is 12.1. The minimum Gasteiger partial charge on any atom is -0.271 e. The number of nitrogens with one attached hydrogen (secondary N) is 1. The second-order valence-corrected chi connectivity index (χ2v) is 6.19. The Morgan fingerprint density at radius 1 is 1.24 bits per heavy atom. The Morgan fingerprint density at radius 2 is 2.05 bits per heavy atom. The number of benzene rings is 2. The maximum atomic E-state index is 13.3. The van der Waals surface area contributed by atoms with Crippen molar-refractivity contribution in [3.63, 3.8) is 0 Å². The summed E-state index contributed by atoms with van der Waals surface area (Å²) in [4.78, 5) is 0. The maximum Gasteiger partial charge on any atom is 0.123 e. The van der Waals surface area contributed by atoms with Gasteiger partial charge in [-0.15, -0.1) is 0 Å². The largest absolute Gasteiger partial charge is 0.271 e. The van der Waals surface area contributed by atoms with Crippen molar-refractivity contribution in [1.29, 1.82) is 0 Å². The first kappa shape index (κ1) is 16.1. The topological polar surface area (TPSA) is 38.0 Å². The molecule has 112 valence electrons. The first-order valence-electron chi connectivity index (χ1n) is 7.04. The zero-order valence-corrected chi connectivity index (χ0v) is 13.7. The van der Waals surface area contributed by atoms with Crippen molar-refractivity contribution in [1.82, 2.24) is 5.43 Å². The van der Waals surface area contributed by atoms with Crippen molar-refractivity contribution in [2.75, 3.05) is 0 Å². The van der Waals surface area contributed by atoms with Crippen LogP contribution in [0.25, 0.3) is 0 Å². The molecule has 0 aromatic heterocycles. The average molecular weight is 351 g/mol. The molecule has 21 heavy (non-hydrogen) atoms. The lowest BCUT2D eigenvalue weighted by Crippen LogP contribution is -2.37. The molecule has 0 spiro atoms. The van der Waals surface area contributed by atoms with E-state index in [1.165, 1.54) is 17.2 Å². The predicted molar refractivity (Wildman–Crippen MR) is 88.4 cm³/mol. The van der Waals surface area contributed by atoms with E-state index in [1.54, 1.807) is 12.1 Å². The van der Waals surface area contributed by atoms with Crippen LogP contribution >= 0.6 is 15.9 Å². The molecule has 0 aliphatic heterocycles. The lowest BCUT2D eigenvalue weighted by atomic mass is 9.99. The van der Waals surface area contributed by atoms with Crippen LogP contribution in [-0.2, 0) is 12.8 Å². The molecule has 0 amide bonds. The first-order valence-corrected chi connectivity index (χ1v) is 7.83. The Balaban J connectivity index is 1.98. The standard InChI is InChI=1S/C17H20BrFN2/c1-12-3-2-4-13(9-12)5-7-16(21-20)11-14-10-15(19)6-8-17(14)18/h2-4,6,8-10,16,21H,5,7,11,20H2,1H3. The number of hydrogen-bond acceptors (Lipinski definition) is 2. The highest BCUT2D eigenvalue weighted by molar-refractivity contribution is 9.10. The summed E-state index contributed by atoms with van der Waals surface area (Å²) < 4.78 is 14.2. The molecule has 2 rings (SSSR count). The van der Waals surface area contributed by atoms with Crippen LogP contribution in [0, 0.1) is 12.7 Å². The predicted octanol–water partition coefficient (Wildman–Crippen LogP) is 3.90. The van der Waals surface area contributed by atoms with Crippen molar-refractivity contribution < 1.29 is 4.39 Å². The molecule has 4 heteroatoms. The highest BCUT2D eigenvalue weighted by Crippen LogP contribution is 2.20. The summed E-state index contributed by atoms with van der Waals surface area (Å²) in [6.07, 6.45) is 2.55. The van der Waals surface area contributed by atoms with Gasteiger partial charge in [0.25, 0.3) is 0 Å². The Kier molecular flexibility index (Phi) is 5.91. The van der Waals surface area contributed by atoms with Gasteiger partial charge in [0.2, 0.25) is 0 Å². The molecule has 0 aliphatic rings. The summed E-state index contributed by atoms with van der Waals surface area (Å²) in [6.45, 7) is 2.09. The fourth-order valence-corrected chi connectivity index (χ4v) is 2.83. The number of rotatable bonds is 6. The van der Waals surface area contributed by atoms with Gasteiger partial charge < -0.3 is 0 Å². The van der Waals surface area contributed by atoms with E-state index in [2.05, 4.69) is 52.5 Å². The van der Waals surface area contributed by atoms with Crippen LogP contribution in [0.2, 0.25) is 0 Å². The summed E-state index contributed by atoms with van der Waals surface area (Å²) >= 11 is 3.46. The second-order valence-electron chi connectivity index (χ2n) is 5.33. The minimum atomic E-state index is -0.220. The molecule has 0 saturated heterocycles. The molecule has 2 aromatic carbocycles. The van der Waals surface area contributed by atoms with Gasteiger partial charge in [0.1, 0.15) is 5.82 Å². The molecular formula is C17H20BrFN2. The third-order valence-corrected chi connectivity index (χ3v) is 4.35. The van der Waals surface area contributed by atoms with E-state index >= 15 is 0 Å². The van der Waals surface area contributed by atoms with Crippen molar-refractivity contribution >= 4 is 15.9 Å². The Morgan fingerprint density at radius 3 is 2.76 bits per heavy atom. The van der Waals surface area contributed by atoms with Gasteiger partial charge in [-0.3, -0.25) is 11.3 Å². The third-order valence-electron chi connectivity index (χ3n) is 3.57. The van der Waals surface area contributed by atoms with Gasteiger partial charge in [0.15, 0.2) is 0 Å². The zero-order chi connectivity index (χ0) is 15.2. The third kappa shape index (κ3) is 4.92. The minimum absolute atomic E-state index is 0.114. The molecule has 1 unspecified atom stereocenters. The van der Waals surface area contributed by atoms with Gasteiger partial charge in [-0.05, 0) is 55.5 Å². The molecule has 0 radical (unpaired) electrons. The molecule has 2 aromatic rings. The van der Waals surface area contributed by atoms with Crippen LogP contribution in [0.5, 0.6) is 0 Å². The fraction of sp³-hybridized carbons (Fsp3) is 0.294. The van der Waals surface area contributed by atoms with E-state index in [0.717, 1.165) is 22.9 Å². The smallest absolute Gasteiger partial charge is 0.123 e. The molecule has 3 N–H and O–H groups in total. The second kappa shape index (κ2) is 7.69. The van der Waals surface area contributed by atoms with Gasteiger partial charge in [-0.2, -0.15) is 0 Å². The fourth-order valence-electron chi connectivity index (χ4n) is 2.42. The number of halogens is 2. The van der Waals surface area contributed by atoms with Crippen molar-refractivity contribution in [2.45, 2.75) is 32.2 Å². The van der Waals surface area contributed by atoms with Crippen LogP contribution in [0.15, 0.2) is 46.9 Å². The first-order chi connectivity index (χ1) is 10.1. The van der Waals surface area contributed by atoms with Gasteiger partial charge in [0.05, 0.1) is 0 Å². The van der Waals surface area contributed by atoms with Gasteiger partial charge >= 0.3 is 0 Å². The molecule has 2 nitrogen and oxygen atoms in total. The van der Waals surface area contributed by atoms with E-state index in [1.807, 2.05) is 0 Å². The highest BCUT2D eigenvalue weighted by Gasteiger charge is 2.11. The lowest BCUT2D eigenvalue weighted by molar-refractivity contribution is 0.489. The lowest BCUT2D eigenvalue weighted by Gasteiger charge is -2.17. The van der Waals surface area contributed by atoms with Gasteiger partial charge in [-0.25, -0.2) is 4.39 Å². The van der Waals surface area contributed by atoms with E-state index in [-0.39, 0.29) is 11.9 Å². The van der Waals surface area contributed by atoms with Crippen LogP contribution in [0.4, 0.5) is 4.39 Å². The Labute approximate surface area is 133 Å². The Bertz CT molecular complexity index is 601. The summed E-state index contributed by atoms with van der Waals surface area (Å²) in [5, 5.41) is 0. The number of hydrazine groups is 1. The number of hydrogen-bond donors (Lipinski definition) is 2. The molecule has 0 fully saturated rings. The molecule has 0 heterocycles. The maximum absolute atomic E-state index is 13.3. The van der Waals surface area contributed by atoms with Crippen LogP contribution in [0.3, 0.4) is 0 Å². The van der Waals surface area contributed by atoms with Gasteiger partial charge in [0, 0.05) is 10.5 Å². The molecule has 1 atom stereocenters. The summed E-state index contributed by atoms with van der Waals surface area (Å²) in [5.74, 6) is 5.42. The van der Waals surface area contributed by atoms with E-state index in [4.69, 9.17) is 5.84 Å². The summed E-state index contributed by atoms with van der Waals surface area (Å²) in [5.41, 5.74) is 6.33. The van der Waals surface area contributed by atoms with Crippen LogP contribution in [0.1, 0.15) is 23.1 Å². The number of aryl methyl sites for hydroxylation is 2. The number of nitrogens with two attached hydrogens (primary N) is 1. The van der Waals surface area contributed by atoms with Gasteiger partial charge in [-0.1, -0.05) is 45.8 Å². The van der Waals surface area contributed by atoms with Crippen molar-refractivity contribution in [2.24, 2.45) is 5.84 Å². The van der Waals surface area contributed by atoms with Crippen molar-refractivity contribution in [3.8, 4) is 0 Å². The summed E-state index contributed by atoms with van der Waals surface area (Å²) in [7, 11) is 0. The Hall–Kier alpha value is -1.23. The van der Waals surface area contributed by atoms with E-state index in [0.29, 0.717) is 6.42 Å². The molecule has 0 bridgehead atoms.